The van der Waals surface area contributed by atoms with Crippen LogP contribution >= 0.6 is 11.8 Å². The number of thioether (sulfide) groups is 1. The number of hydrogen-bond donors (Lipinski definition) is 0. The van der Waals surface area contributed by atoms with E-state index in [1.807, 2.05) is 36.1 Å². The lowest BCUT2D eigenvalue weighted by atomic mass is 10.2. The van der Waals surface area contributed by atoms with Gasteiger partial charge < -0.3 is 9.80 Å². The molecule has 3 rings (SSSR count). The van der Waals surface area contributed by atoms with Gasteiger partial charge in [-0.05, 0) is 24.6 Å². The Labute approximate surface area is 148 Å². The molecule has 1 fully saturated rings. The third kappa shape index (κ3) is 4.32. The molecule has 0 spiro atoms. The summed E-state index contributed by atoms with van der Waals surface area (Å²) in [6.07, 6.45) is 0. The number of carbonyl (C=O) groups excluding carboxylic acids is 1. The second kappa shape index (κ2) is 8.25. The van der Waals surface area contributed by atoms with Gasteiger partial charge in [-0.1, -0.05) is 48.5 Å². The van der Waals surface area contributed by atoms with Gasteiger partial charge in [0.05, 0.1) is 5.25 Å². The predicted molar refractivity (Wildman–Crippen MR) is 102 cm³/mol. The standard InChI is InChI=1S/C20H24N2OS/c1-17(24-16-18-8-4-2-5-9-18)20(23)22-14-12-21(13-15-22)19-10-6-3-7-11-19/h2-11,17H,12-16H2,1H3/t17-/m1/s1. The van der Waals surface area contributed by atoms with Gasteiger partial charge in [-0.2, -0.15) is 0 Å². The fourth-order valence-corrected chi connectivity index (χ4v) is 3.87. The molecule has 0 saturated carbocycles. The molecule has 0 unspecified atom stereocenters. The van der Waals surface area contributed by atoms with Crippen LogP contribution < -0.4 is 4.90 Å². The van der Waals surface area contributed by atoms with Gasteiger partial charge in [0.2, 0.25) is 5.91 Å². The van der Waals surface area contributed by atoms with Gasteiger partial charge in [-0.15, -0.1) is 11.8 Å². The summed E-state index contributed by atoms with van der Waals surface area (Å²) in [5, 5.41) is 0.00785. The van der Waals surface area contributed by atoms with Crippen molar-refractivity contribution < 1.29 is 4.79 Å². The van der Waals surface area contributed by atoms with Crippen LogP contribution in [0.25, 0.3) is 0 Å². The third-order valence-electron chi connectivity index (χ3n) is 4.40. The topological polar surface area (TPSA) is 23.6 Å². The Morgan fingerprint density at radius 2 is 1.54 bits per heavy atom. The van der Waals surface area contributed by atoms with E-state index in [1.165, 1.54) is 11.3 Å². The maximum atomic E-state index is 12.6. The van der Waals surface area contributed by atoms with Crippen molar-refractivity contribution in [1.29, 1.82) is 0 Å². The molecule has 1 atom stereocenters. The summed E-state index contributed by atoms with van der Waals surface area (Å²) in [5.41, 5.74) is 2.52. The molecule has 1 saturated heterocycles. The average Bonchev–Trinajstić information content (AvgIpc) is 2.67. The Kier molecular flexibility index (Phi) is 5.81. The molecule has 1 aliphatic heterocycles. The summed E-state index contributed by atoms with van der Waals surface area (Å²) in [6.45, 7) is 5.46. The minimum atomic E-state index is 0.00785. The largest absolute Gasteiger partial charge is 0.368 e. The van der Waals surface area contributed by atoms with Crippen LogP contribution in [0.2, 0.25) is 0 Å². The highest BCUT2D eigenvalue weighted by atomic mass is 32.2. The van der Waals surface area contributed by atoms with Crippen molar-refractivity contribution in [3.05, 3.63) is 66.2 Å². The average molecular weight is 340 g/mol. The summed E-state index contributed by atoms with van der Waals surface area (Å²) < 4.78 is 0. The molecule has 3 nitrogen and oxygen atoms in total. The lowest BCUT2D eigenvalue weighted by Gasteiger charge is -2.37. The predicted octanol–water partition coefficient (Wildman–Crippen LogP) is 3.66. The van der Waals surface area contributed by atoms with E-state index in [2.05, 4.69) is 41.3 Å². The molecule has 24 heavy (non-hydrogen) atoms. The molecule has 1 heterocycles. The number of benzene rings is 2. The molecule has 2 aromatic rings. The Hall–Kier alpha value is -1.94. The van der Waals surface area contributed by atoms with E-state index in [9.17, 15) is 4.79 Å². The SMILES string of the molecule is C[C@@H](SCc1ccccc1)C(=O)N1CCN(c2ccccc2)CC1. The van der Waals surface area contributed by atoms with Gasteiger partial charge in [-0.3, -0.25) is 4.79 Å². The van der Waals surface area contributed by atoms with Crippen LogP contribution in [0, 0.1) is 0 Å². The van der Waals surface area contributed by atoms with E-state index in [0.29, 0.717) is 0 Å². The Balaban J connectivity index is 1.48. The number of para-hydroxylation sites is 1. The van der Waals surface area contributed by atoms with Crippen LogP contribution in [0.5, 0.6) is 0 Å². The monoisotopic (exact) mass is 340 g/mol. The fraction of sp³-hybridized carbons (Fsp3) is 0.350. The highest BCUT2D eigenvalue weighted by molar-refractivity contribution is 7.99. The summed E-state index contributed by atoms with van der Waals surface area (Å²) in [4.78, 5) is 17.0. The molecule has 4 heteroatoms. The first-order valence-electron chi connectivity index (χ1n) is 8.48. The van der Waals surface area contributed by atoms with Crippen molar-refractivity contribution in [2.45, 2.75) is 17.9 Å². The zero-order chi connectivity index (χ0) is 16.8. The third-order valence-corrected chi connectivity index (χ3v) is 5.60. The highest BCUT2D eigenvalue weighted by Crippen LogP contribution is 2.21. The van der Waals surface area contributed by atoms with Crippen molar-refractivity contribution in [3.8, 4) is 0 Å². The van der Waals surface area contributed by atoms with E-state index < -0.39 is 0 Å². The lowest BCUT2D eigenvalue weighted by molar-refractivity contribution is -0.130. The smallest absolute Gasteiger partial charge is 0.235 e. The lowest BCUT2D eigenvalue weighted by Crippen LogP contribution is -2.50. The van der Waals surface area contributed by atoms with E-state index in [-0.39, 0.29) is 11.2 Å². The zero-order valence-corrected chi connectivity index (χ0v) is 14.9. The van der Waals surface area contributed by atoms with E-state index in [0.717, 1.165) is 31.9 Å². The summed E-state index contributed by atoms with van der Waals surface area (Å²) in [6, 6.07) is 20.8. The number of amides is 1. The van der Waals surface area contributed by atoms with E-state index in [1.54, 1.807) is 11.8 Å². The number of piperazine rings is 1. The van der Waals surface area contributed by atoms with Gasteiger partial charge >= 0.3 is 0 Å². The maximum absolute atomic E-state index is 12.6. The molecular formula is C20H24N2OS. The normalized spacial score (nSPS) is 16.0. The molecule has 2 aromatic carbocycles. The first-order chi connectivity index (χ1) is 11.7. The highest BCUT2D eigenvalue weighted by Gasteiger charge is 2.25. The molecule has 1 aliphatic rings. The van der Waals surface area contributed by atoms with Crippen LogP contribution in [-0.4, -0.2) is 42.2 Å². The van der Waals surface area contributed by atoms with Crippen LogP contribution in [0.3, 0.4) is 0 Å². The van der Waals surface area contributed by atoms with Crippen LogP contribution in [0.1, 0.15) is 12.5 Å². The molecule has 0 radical (unpaired) electrons. The van der Waals surface area contributed by atoms with Crippen LogP contribution in [0.15, 0.2) is 60.7 Å². The second-order valence-electron chi connectivity index (χ2n) is 6.09. The summed E-state index contributed by atoms with van der Waals surface area (Å²) in [7, 11) is 0. The number of hydrogen-bond acceptors (Lipinski definition) is 3. The van der Waals surface area contributed by atoms with Crippen LogP contribution in [0.4, 0.5) is 5.69 Å². The number of rotatable bonds is 5. The minimum absolute atomic E-state index is 0.00785. The molecular weight excluding hydrogens is 316 g/mol. The second-order valence-corrected chi connectivity index (χ2v) is 7.42. The van der Waals surface area contributed by atoms with Gasteiger partial charge in [0, 0.05) is 37.6 Å². The fourth-order valence-electron chi connectivity index (χ4n) is 2.95. The first kappa shape index (κ1) is 16.9. The van der Waals surface area contributed by atoms with Crippen molar-refractivity contribution >= 4 is 23.4 Å². The van der Waals surface area contributed by atoms with Crippen LogP contribution in [-0.2, 0) is 10.5 Å². The summed E-state index contributed by atoms with van der Waals surface area (Å²) in [5.74, 6) is 1.15. The van der Waals surface area contributed by atoms with Gasteiger partial charge in [0.25, 0.3) is 0 Å². The molecule has 0 bridgehead atoms. The molecule has 1 amide bonds. The van der Waals surface area contributed by atoms with E-state index >= 15 is 0 Å². The Morgan fingerprint density at radius 3 is 2.17 bits per heavy atom. The van der Waals surface area contributed by atoms with Gasteiger partial charge in [0.1, 0.15) is 0 Å². The molecule has 0 aliphatic carbocycles. The molecule has 0 N–H and O–H groups in total. The first-order valence-corrected chi connectivity index (χ1v) is 9.53. The minimum Gasteiger partial charge on any atom is -0.368 e. The quantitative estimate of drug-likeness (QED) is 0.830. The number of anilines is 1. The van der Waals surface area contributed by atoms with Crippen molar-refractivity contribution in [1.82, 2.24) is 4.90 Å². The van der Waals surface area contributed by atoms with Gasteiger partial charge in [-0.25, -0.2) is 0 Å². The maximum Gasteiger partial charge on any atom is 0.235 e. The van der Waals surface area contributed by atoms with Gasteiger partial charge in [0.15, 0.2) is 0 Å². The zero-order valence-electron chi connectivity index (χ0n) is 14.1. The molecule has 0 aromatic heterocycles. The number of carbonyl (C=O) groups is 1. The number of nitrogens with zero attached hydrogens (tertiary/aromatic N) is 2. The van der Waals surface area contributed by atoms with Crippen molar-refractivity contribution in [2.75, 3.05) is 31.1 Å². The summed E-state index contributed by atoms with van der Waals surface area (Å²) >= 11 is 1.72. The Morgan fingerprint density at radius 1 is 0.958 bits per heavy atom. The van der Waals surface area contributed by atoms with Crippen molar-refractivity contribution in [3.63, 3.8) is 0 Å². The van der Waals surface area contributed by atoms with Crippen molar-refractivity contribution in [2.24, 2.45) is 0 Å². The molecule has 126 valence electrons. The Bertz CT molecular complexity index is 639. The van der Waals surface area contributed by atoms with E-state index in [4.69, 9.17) is 0 Å².